The number of benzene rings is 2. The lowest BCUT2D eigenvalue weighted by Gasteiger charge is -2.08. The summed E-state index contributed by atoms with van der Waals surface area (Å²) in [7, 11) is 0. The summed E-state index contributed by atoms with van der Waals surface area (Å²) in [4.78, 5) is 8.88. The summed E-state index contributed by atoms with van der Waals surface area (Å²) in [6, 6.07) is 17.8. The molecule has 0 radical (unpaired) electrons. The van der Waals surface area contributed by atoms with E-state index in [1.165, 1.54) is 0 Å². The van der Waals surface area contributed by atoms with Crippen LogP contribution < -0.4 is 0 Å². The van der Waals surface area contributed by atoms with E-state index in [0.717, 1.165) is 27.5 Å². The molecule has 25 heavy (non-hydrogen) atoms. The van der Waals surface area contributed by atoms with Gasteiger partial charge in [0.25, 0.3) is 0 Å². The second-order valence-corrected chi connectivity index (χ2v) is 5.77. The Balaban J connectivity index is 1.50. The largest absolute Gasteiger partial charge is 0.375 e. The van der Waals surface area contributed by atoms with Gasteiger partial charge in [0.2, 0.25) is 0 Å². The molecule has 4 rings (SSSR count). The Morgan fingerprint density at radius 1 is 1.00 bits per heavy atom. The van der Waals surface area contributed by atoms with Crippen LogP contribution in [0.15, 0.2) is 61.1 Å². The van der Waals surface area contributed by atoms with Crippen molar-refractivity contribution in [3.05, 3.63) is 72.2 Å². The molecular formula is C20H16N4O. The third kappa shape index (κ3) is 2.95. The van der Waals surface area contributed by atoms with E-state index in [2.05, 4.69) is 26.7 Å². The molecule has 2 heterocycles. The van der Waals surface area contributed by atoms with Crippen molar-refractivity contribution in [3.8, 4) is 6.07 Å². The summed E-state index contributed by atoms with van der Waals surface area (Å²) < 4.78 is 7.87. The highest BCUT2D eigenvalue weighted by Crippen LogP contribution is 2.22. The van der Waals surface area contributed by atoms with Gasteiger partial charge in [0, 0.05) is 11.9 Å². The van der Waals surface area contributed by atoms with E-state index in [1.54, 1.807) is 12.3 Å². The molecule has 0 saturated carbocycles. The van der Waals surface area contributed by atoms with E-state index in [1.807, 2.05) is 42.7 Å². The standard InChI is InChI=1S/C20H16N4O/c21-11-15-5-1-2-6-16(15)13-25-10-9-24-14-23-19-12-22-18-8-4-3-7-17(18)20(19)24/h1-8,12,14H,9-10,13H2. The first-order valence-corrected chi connectivity index (χ1v) is 8.11. The Kier molecular flexibility index (Phi) is 4.11. The maximum absolute atomic E-state index is 9.12. The van der Waals surface area contributed by atoms with Crippen LogP contribution in [0.4, 0.5) is 0 Å². The molecular weight excluding hydrogens is 312 g/mol. The molecule has 0 unspecified atom stereocenters. The Bertz CT molecular complexity index is 1080. The number of nitriles is 1. The lowest BCUT2D eigenvalue weighted by Crippen LogP contribution is -2.06. The summed E-state index contributed by atoms with van der Waals surface area (Å²) in [5, 5.41) is 10.2. The van der Waals surface area contributed by atoms with Gasteiger partial charge in [-0.3, -0.25) is 4.98 Å². The highest BCUT2D eigenvalue weighted by atomic mass is 16.5. The Hall–Kier alpha value is -3.23. The second-order valence-electron chi connectivity index (χ2n) is 5.77. The lowest BCUT2D eigenvalue weighted by atomic mass is 10.1. The van der Waals surface area contributed by atoms with Gasteiger partial charge < -0.3 is 9.30 Å². The van der Waals surface area contributed by atoms with Crippen molar-refractivity contribution in [1.82, 2.24) is 14.5 Å². The number of pyridine rings is 1. The second kappa shape index (κ2) is 6.71. The van der Waals surface area contributed by atoms with Crippen molar-refractivity contribution in [2.45, 2.75) is 13.2 Å². The molecule has 2 aromatic carbocycles. The maximum atomic E-state index is 9.12. The number of imidazole rings is 1. The normalized spacial score (nSPS) is 11.0. The van der Waals surface area contributed by atoms with Gasteiger partial charge in [-0.2, -0.15) is 5.26 Å². The summed E-state index contributed by atoms with van der Waals surface area (Å²) in [6.45, 7) is 1.67. The van der Waals surface area contributed by atoms with Crippen molar-refractivity contribution >= 4 is 21.9 Å². The van der Waals surface area contributed by atoms with Crippen molar-refractivity contribution in [3.63, 3.8) is 0 Å². The van der Waals surface area contributed by atoms with Gasteiger partial charge in [0.1, 0.15) is 5.52 Å². The minimum Gasteiger partial charge on any atom is -0.375 e. The van der Waals surface area contributed by atoms with E-state index >= 15 is 0 Å². The molecule has 0 amide bonds. The number of nitrogens with zero attached hydrogens (tertiary/aromatic N) is 4. The zero-order valence-electron chi connectivity index (χ0n) is 13.6. The van der Waals surface area contributed by atoms with Crippen LogP contribution in [0.1, 0.15) is 11.1 Å². The monoisotopic (exact) mass is 328 g/mol. The minimum atomic E-state index is 0.429. The fourth-order valence-electron chi connectivity index (χ4n) is 2.97. The van der Waals surface area contributed by atoms with Crippen molar-refractivity contribution in [2.24, 2.45) is 0 Å². The van der Waals surface area contributed by atoms with Crippen LogP contribution in [0.5, 0.6) is 0 Å². The van der Waals surface area contributed by atoms with Crippen LogP contribution in [-0.4, -0.2) is 21.1 Å². The zero-order valence-corrected chi connectivity index (χ0v) is 13.6. The molecule has 0 aliphatic carbocycles. The van der Waals surface area contributed by atoms with E-state index in [0.29, 0.717) is 25.3 Å². The van der Waals surface area contributed by atoms with Crippen LogP contribution in [0.25, 0.3) is 21.9 Å². The van der Waals surface area contributed by atoms with Crippen molar-refractivity contribution in [1.29, 1.82) is 5.26 Å². The topological polar surface area (TPSA) is 63.7 Å². The first kappa shape index (κ1) is 15.3. The highest BCUT2D eigenvalue weighted by Gasteiger charge is 2.08. The van der Waals surface area contributed by atoms with Crippen LogP contribution in [0, 0.1) is 11.3 Å². The van der Waals surface area contributed by atoms with Gasteiger partial charge >= 0.3 is 0 Å². The average molecular weight is 328 g/mol. The number of ether oxygens (including phenoxy) is 1. The van der Waals surface area contributed by atoms with Crippen LogP contribution >= 0.6 is 0 Å². The number of aromatic nitrogens is 3. The van der Waals surface area contributed by atoms with Crippen molar-refractivity contribution in [2.75, 3.05) is 6.61 Å². The highest BCUT2D eigenvalue weighted by molar-refractivity contribution is 6.01. The molecule has 0 aliphatic heterocycles. The van der Waals surface area contributed by atoms with E-state index < -0.39 is 0 Å². The number of para-hydroxylation sites is 1. The number of fused-ring (bicyclic) bond motifs is 3. The summed E-state index contributed by atoms with van der Waals surface area (Å²) >= 11 is 0. The van der Waals surface area contributed by atoms with E-state index in [9.17, 15) is 0 Å². The molecule has 122 valence electrons. The third-order valence-electron chi connectivity index (χ3n) is 4.22. The van der Waals surface area contributed by atoms with Crippen LogP contribution in [0.3, 0.4) is 0 Å². The first-order chi connectivity index (χ1) is 12.4. The average Bonchev–Trinajstić information content (AvgIpc) is 3.09. The van der Waals surface area contributed by atoms with Gasteiger partial charge in [-0.05, 0) is 17.7 Å². The third-order valence-corrected chi connectivity index (χ3v) is 4.22. The predicted molar refractivity (Wildman–Crippen MR) is 95.8 cm³/mol. The molecule has 0 bridgehead atoms. The summed E-state index contributed by atoms with van der Waals surface area (Å²) in [5.41, 5.74) is 4.49. The van der Waals surface area contributed by atoms with Gasteiger partial charge in [0.05, 0.1) is 48.4 Å². The lowest BCUT2D eigenvalue weighted by molar-refractivity contribution is 0.113. The molecule has 2 aromatic heterocycles. The number of rotatable bonds is 5. The molecule has 0 aliphatic rings. The maximum Gasteiger partial charge on any atom is 0.107 e. The molecule has 0 fully saturated rings. The van der Waals surface area contributed by atoms with Crippen molar-refractivity contribution < 1.29 is 4.74 Å². The molecule has 4 aromatic rings. The number of hydrogen-bond acceptors (Lipinski definition) is 4. The molecule has 0 saturated heterocycles. The van der Waals surface area contributed by atoms with E-state index in [4.69, 9.17) is 10.00 Å². The molecule has 5 nitrogen and oxygen atoms in total. The van der Waals surface area contributed by atoms with Gasteiger partial charge in [-0.15, -0.1) is 0 Å². The van der Waals surface area contributed by atoms with Gasteiger partial charge in [-0.1, -0.05) is 36.4 Å². The molecule has 0 N–H and O–H groups in total. The van der Waals surface area contributed by atoms with Gasteiger partial charge in [-0.25, -0.2) is 4.98 Å². The smallest absolute Gasteiger partial charge is 0.107 e. The Labute approximate surface area is 145 Å². The predicted octanol–water partition coefficient (Wildman–Crippen LogP) is 3.67. The van der Waals surface area contributed by atoms with E-state index in [-0.39, 0.29) is 0 Å². The SMILES string of the molecule is N#Cc1ccccc1COCCn1cnc2cnc3ccccc3c21. The van der Waals surface area contributed by atoms with Gasteiger partial charge in [0.15, 0.2) is 0 Å². The van der Waals surface area contributed by atoms with Crippen LogP contribution in [-0.2, 0) is 17.9 Å². The zero-order chi connectivity index (χ0) is 17.1. The Morgan fingerprint density at radius 2 is 1.84 bits per heavy atom. The molecule has 0 spiro atoms. The summed E-state index contributed by atoms with van der Waals surface area (Å²) in [6.07, 6.45) is 3.63. The first-order valence-electron chi connectivity index (χ1n) is 8.11. The fourth-order valence-corrected chi connectivity index (χ4v) is 2.97. The quantitative estimate of drug-likeness (QED) is 0.524. The molecule has 0 atom stereocenters. The Morgan fingerprint density at radius 3 is 2.76 bits per heavy atom. The number of hydrogen-bond donors (Lipinski definition) is 0. The fraction of sp³-hybridized carbons (Fsp3) is 0.150. The summed E-state index contributed by atoms with van der Waals surface area (Å²) in [5.74, 6) is 0. The molecule has 5 heteroatoms. The van der Waals surface area contributed by atoms with Crippen LogP contribution in [0.2, 0.25) is 0 Å². The minimum absolute atomic E-state index is 0.429.